The monoisotopic (exact) mass is 344 g/mol. The zero-order chi connectivity index (χ0) is 16.1. The quantitative estimate of drug-likeness (QED) is 0.552. The minimum absolute atomic E-state index is 0.295. The van der Waals surface area contributed by atoms with Gasteiger partial charge in [0.15, 0.2) is 0 Å². The molecule has 0 atom stereocenters. The highest BCUT2D eigenvalue weighted by molar-refractivity contribution is 6.39. The summed E-state index contributed by atoms with van der Waals surface area (Å²) in [6, 6.07) is 8.18. The largest absolute Gasteiger partial charge is 0.416 e. The predicted molar refractivity (Wildman–Crippen MR) is 82.4 cm³/mol. The second kappa shape index (κ2) is 5.30. The van der Waals surface area contributed by atoms with E-state index in [1.807, 2.05) is 0 Å². The van der Waals surface area contributed by atoms with Crippen LogP contribution in [-0.2, 0) is 12.8 Å². The number of halogens is 5. The Morgan fingerprint density at radius 3 is 2.18 bits per heavy atom. The Bertz CT molecular complexity index is 888. The van der Waals surface area contributed by atoms with Crippen LogP contribution in [-0.4, -0.2) is 5.11 Å². The van der Waals surface area contributed by atoms with E-state index in [2.05, 4.69) is 0 Å². The lowest BCUT2D eigenvalue weighted by atomic mass is 9.96. The summed E-state index contributed by atoms with van der Waals surface area (Å²) in [4.78, 5) is 0. The Labute approximate surface area is 133 Å². The Kier molecular flexibility index (Phi) is 3.71. The van der Waals surface area contributed by atoms with Crippen molar-refractivity contribution in [3.63, 3.8) is 0 Å². The Balaban J connectivity index is 2.51. The van der Waals surface area contributed by atoms with Gasteiger partial charge in [0.2, 0.25) is 0 Å². The van der Waals surface area contributed by atoms with Gasteiger partial charge in [-0.25, -0.2) is 0 Å². The first-order valence-corrected chi connectivity index (χ1v) is 7.09. The van der Waals surface area contributed by atoms with E-state index in [4.69, 9.17) is 23.2 Å². The molecule has 0 heterocycles. The molecule has 3 aromatic carbocycles. The molecular formula is C16H9Cl2F3O. The van der Waals surface area contributed by atoms with Gasteiger partial charge >= 0.3 is 6.18 Å². The minimum atomic E-state index is -4.45. The molecule has 6 heteroatoms. The van der Waals surface area contributed by atoms with Crippen LogP contribution in [0.3, 0.4) is 0 Å². The van der Waals surface area contributed by atoms with Gasteiger partial charge in [0.1, 0.15) is 0 Å². The maximum Gasteiger partial charge on any atom is 0.416 e. The highest BCUT2D eigenvalue weighted by Gasteiger charge is 2.30. The molecule has 0 bridgehead atoms. The molecule has 1 nitrogen and oxygen atoms in total. The molecule has 114 valence electrons. The molecule has 0 amide bonds. The number of alkyl halides is 3. The molecule has 0 spiro atoms. The van der Waals surface area contributed by atoms with Crippen molar-refractivity contribution >= 4 is 44.7 Å². The number of fused-ring (bicyclic) bond motifs is 3. The molecule has 0 radical (unpaired) electrons. The highest BCUT2D eigenvalue weighted by Crippen LogP contribution is 2.38. The summed E-state index contributed by atoms with van der Waals surface area (Å²) in [5.74, 6) is 0. The number of aliphatic hydroxyl groups is 1. The van der Waals surface area contributed by atoms with Crippen molar-refractivity contribution in [3.05, 3.63) is 57.6 Å². The van der Waals surface area contributed by atoms with Gasteiger partial charge in [-0.2, -0.15) is 13.2 Å². The third kappa shape index (κ3) is 2.51. The lowest BCUT2D eigenvalue weighted by Gasteiger charge is -2.13. The highest BCUT2D eigenvalue weighted by atomic mass is 35.5. The van der Waals surface area contributed by atoms with Crippen LogP contribution in [0.1, 0.15) is 11.1 Å². The van der Waals surface area contributed by atoms with E-state index in [1.54, 1.807) is 12.1 Å². The van der Waals surface area contributed by atoms with Gasteiger partial charge in [-0.3, -0.25) is 0 Å². The van der Waals surface area contributed by atoms with Crippen LogP contribution < -0.4 is 0 Å². The molecule has 0 aliphatic carbocycles. The van der Waals surface area contributed by atoms with E-state index in [9.17, 15) is 18.3 Å². The maximum absolute atomic E-state index is 13.0. The molecule has 3 rings (SSSR count). The number of hydrogen-bond acceptors (Lipinski definition) is 1. The average molecular weight is 345 g/mol. The topological polar surface area (TPSA) is 20.2 Å². The van der Waals surface area contributed by atoms with Crippen LogP contribution in [0.15, 0.2) is 36.4 Å². The summed E-state index contributed by atoms with van der Waals surface area (Å²) in [6.07, 6.45) is -4.45. The van der Waals surface area contributed by atoms with Crippen LogP contribution in [0.25, 0.3) is 21.5 Å². The third-order valence-corrected chi connectivity index (χ3v) is 4.10. The van der Waals surface area contributed by atoms with E-state index in [1.165, 1.54) is 12.1 Å². The summed E-state index contributed by atoms with van der Waals surface area (Å²) in [5, 5.41) is 12.1. The summed E-state index contributed by atoms with van der Waals surface area (Å²) >= 11 is 12.1. The molecule has 0 saturated carbocycles. The van der Waals surface area contributed by atoms with Crippen molar-refractivity contribution in [2.45, 2.75) is 12.8 Å². The lowest BCUT2D eigenvalue weighted by molar-refractivity contribution is -0.137. The number of hydrogen-bond donors (Lipinski definition) is 1. The van der Waals surface area contributed by atoms with Gasteiger partial charge in [0.05, 0.1) is 12.2 Å². The van der Waals surface area contributed by atoms with Gasteiger partial charge in [-0.05, 0) is 52.1 Å². The Morgan fingerprint density at radius 2 is 1.55 bits per heavy atom. The second-order valence-electron chi connectivity index (χ2n) is 4.93. The standard InChI is InChI=1S/C16H9Cl2F3O/c17-10-5-13-12-4-9(16(19,20)21)1-2-11(12)8(7-22)3-14(13)15(18)6-10/h1-6,22H,7H2. The summed E-state index contributed by atoms with van der Waals surface area (Å²) in [7, 11) is 0. The zero-order valence-corrected chi connectivity index (χ0v) is 12.5. The fraction of sp³-hybridized carbons (Fsp3) is 0.125. The first-order valence-electron chi connectivity index (χ1n) is 6.33. The van der Waals surface area contributed by atoms with Gasteiger partial charge < -0.3 is 5.11 Å². The van der Waals surface area contributed by atoms with Gasteiger partial charge in [0, 0.05) is 15.4 Å². The van der Waals surface area contributed by atoms with E-state index in [-0.39, 0.29) is 6.61 Å². The third-order valence-electron chi connectivity index (χ3n) is 3.57. The normalized spacial score (nSPS) is 12.3. The second-order valence-corrected chi connectivity index (χ2v) is 5.78. The molecule has 0 aliphatic heterocycles. The fourth-order valence-corrected chi connectivity index (χ4v) is 3.11. The van der Waals surface area contributed by atoms with Crippen LogP contribution in [0, 0.1) is 0 Å². The summed E-state index contributed by atoms with van der Waals surface area (Å²) in [6.45, 7) is -0.295. The molecular weight excluding hydrogens is 336 g/mol. The molecule has 1 N–H and O–H groups in total. The van der Waals surface area contributed by atoms with Crippen LogP contribution >= 0.6 is 23.2 Å². The Hall–Kier alpha value is -1.49. The maximum atomic E-state index is 13.0. The lowest BCUT2D eigenvalue weighted by Crippen LogP contribution is -2.04. The average Bonchev–Trinajstić information content (AvgIpc) is 2.45. The van der Waals surface area contributed by atoms with Gasteiger partial charge in [0.25, 0.3) is 0 Å². The number of aliphatic hydroxyl groups excluding tert-OH is 1. The van der Waals surface area contributed by atoms with Crippen LogP contribution in [0.4, 0.5) is 13.2 Å². The zero-order valence-electron chi connectivity index (χ0n) is 11.0. The fourth-order valence-electron chi connectivity index (χ4n) is 2.56. The van der Waals surface area contributed by atoms with Crippen molar-refractivity contribution < 1.29 is 18.3 Å². The molecule has 0 saturated heterocycles. The van der Waals surface area contributed by atoms with Gasteiger partial charge in [-0.1, -0.05) is 29.3 Å². The number of benzene rings is 3. The van der Waals surface area contributed by atoms with Crippen molar-refractivity contribution in [2.24, 2.45) is 0 Å². The van der Waals surface area contributed by atoms with Crippen molar-refractivity contribution in [1.82, 2.24) is 0 Å². The van der Waals surface area contributed by atoms with Crippen molar-refractivity contribution in [3.8, 4) is 0 Å². The van der Waals surface area contributed by atoms with E-state index < -0.39 is 11.7 Å². The molecule has 0 aromatic heterocycles. The first kappa shape index (κ1) is 15.4. The van der Waals surface area contributed by atoms with E-state index in [0.29, 0.717) is 37.2 Å². The molecule has 22 heavy (non-hydrogen) atoms. The number of rotatable bonds is 1. The summed E-state index contributed by atoms with van der Waals surface area (Å²) in [5.41, 5.74) is -0.243. The minimum Gasteiger partial charge on any atom is -0.392 e. The van der Waals surface area contributed by atoms with Crippen molar-refractivity contribution in [2.75, 3.05) is 0 Å². The molecule has 0 aliphatic rings. The first-order chi connectivity index (χ1) is 10.3. The van der Waals surface area contributed by atoms with Crippen LogP contribution in [0.5, 0.6) is 0 Å². The van der Waals surface area contributed by atoms with Crippen LogP contribution in [0.2, 0.25) is 10.0 Å². The molecule has 3 aromatic rings. The predicted octanol–water partition coefficient (Wildman–Crippen LogP) is 5.81. The van der Waals surface area contributed by atoms with E-state index >= 15 is 0 Å². The van der Waals surface area contributed by atoms with Gasteiger partial charge in [-0.15, -0.1) is 0 Å². The van der Waals surface area contributed by atoms with E-state index in [0.717, 1.165) is 12.1 Å². The van der Waals surface area contributed by atoms with Crippen molar-refractivity contribution in [1.29, 1.82) is 0 Å². The smallest absolute Gasteiger partial charge is 0.392 e. The molecule has 0 fully saturated rings. The Morgan fingerprint density at radius 1 is 0.864 bits per heavy atom. The SMILES string of the molecule is OCc1cc2c(Cl)cc(Cl)cc2c2cc(C(F)(F)F)ccc12. The summed E-state index contributed by atoms with van der Waals surface area (Å²) < 4.78 is 38.9. The molecule has 0 unspecified atom stereocenters.